The van der Waals surface area contributed by atoms with E-state index in [1.165, 1.54) is 0 Å². The molecule has 0 aliphatic carbocycles. The van der Waals surface area contributed by atoms with Crippen molar-refractivity contribution in [2.45, 2.75) is 45.6 Å². The lowest BCUT2D eigenvalue weighted by Gasteiger charge is -2.23. The van der Waals surface area contributed by atoms with Crippen LogP contribution in [0.3, 0.4) is 0 Å². The molecule has 0 saturated carbocycles. The molecule has 0 spiro atoms. The molecule has 0 bridgehead atoms. The van der Waals surface area contributed by atoms with E-state index in [2.05, 4.69) is 17.0 Å². The number of hydrogen-bond acceptors (Lipinski definition) is 3. The summed E-state index contributed by atoms with van der Waals surface area (Å²) in [5.74, 6) is 0.621. The van der Waals surface area contributed by atoms with Crippen LogP contribution in [0.2, 0.25) is 0 Å². The van der Waals surface area contributed by atoms with Crippen LogP contribution in [0.5, 0.6) is 0 Å². The lowest BCUT2D eigenvalue weighted by Crippen LogP contribution is -2.39. The van der Waals surface area contributed by atoms with Gasteiger partial charge in [0.15, 0.2) is 0 Å². The van der Waals surface area contributed by atoms with Gasteiger partial charge in [0.2, 0.25) is 10.0 Å². The molecule has 1 unspecified atom stereocenters. The molecule has 0 aromatic heterocycles. The molecule has 0 amide bonds. The minimum atomic E-state index is -3.08. The Morgan fingerprint density at radius 2 is 2.00 bits per heavy atom. The van der Waals surface area contributed by atoms with Crippen LogP contribution in [0.15, 0.2) is 0 Å². The van der Waals surface area contributed by atoms with E-state index in [-0.39, 0.29) is 6.04 Å². The largest absolute Gasteiger partial charge is 0.317 e. The number of hydrogen-bond donors (Lipinski definition) is 2. The van der Waals surface area contributed by atoms with Crippen LogP contribution in [0, 0.1) is 5.92 Å². The second-order valence-electron chi connectivity index (χ2n) is 4.78. The predicted octanol–water partition coefficient (Wildman–Crippen LogP) is 1.09. The summed E-state index contributed by atoms with van der Waals surface area (Å²) < 4.78 is 26.5. The molecule has 1 aliphatic rings. The van der Waals surface area contributed by atoms with E-state index in [1.54, 1.807) is 0 Å². The fourth-order valence-corrected chi connectivity index (χ4v) is 3.99. The highest BCUT2D eigenvalue weighted by Gasteiger charge is 2.22. The van der Waals surface area contributed by atoms with Crippen LogP contribution in [0.4, 0.5) is 0 Å². The van der Waals surface area contributed by atoms with E-state index < -0.39 is 10.0 Å². The standard InChI is InChI=1S/C11H24N2O2S/c1-3-4-10(2)13-16(14,15)9-11-5-7-12-8-6-11/h10-13H,3-9H2,1-2H3. The van der Waals surface area contributed by atoms with Crippen molar-refractivity contribution in [2.75, 3.05) is 18.8 Å². The zero-order chi connectivity index (χ0) is 12.0. The summed E-state index contributed by atoms with van der Waals surface area (Å²) in [4.78, 5) is 0. The van der Waals surface area contributed by atoms with Crippen molar-refractivity contribution in [3.63, 3.8) is 0 Å². The van der Waals surface area contributed by atoms with E-state index in [4.69, 9.17) is 0 Å². The maximum absolute atomic E-state index is 11.9. The summed E-state index contributed by atoms with van der Waals surface area (Å²) in [6.07, 6.45) is 3.87. The fraction of sp³-hybridized carbons (Fsp3) is 1.00. The van der Waals surface area contributed by atoms with Gasteiger partial charge in [-0.2, -0.15) is 0 Å². The van der Waals surface area contributed by atoms with Gasteiger partial charge < -0.3 is 5.32 Å². The summed E-state index contributed by atoms with van der Waals surface area (Å²) in [5.41, 5.74) is 0. The number of sulfonamides is 1. The van der Waals surface area contributed by atoms with Gasteiger partial charge in [-0.05, 0) is 45.2 Å². The molecule has 1 aliphatic heterocycles. The Balaban J connectivity index is 2.38. The second kappa shape index (κ2) is 6.57. The Labute approximate surface area is 99.2 Å². The van der Waals surface area contributed by atoms with E-state index in [0.717, 1.165) is 38.8 Å². The molecule has 1 fully saturated rings. The third-order valence-electron chi connectivity index (χ3n) is 3.02. The maximum Gasteiger partial charge on any atom is 0.212 e. The Hall–Kier alpha value is -0.130. The van der Waals surface area contributed by atoms with Gasteiger partial charge in [-0.3, -0.25) is 0 Å². The van der Waals surface area contributed by atoms with Crippen molar-refractivity contribution in [1.82, 2.24) is 10.0 Å². The van der Waals surface area contributed by atoms with Crippen LogP contribution in [0.25, 0.3) is 0 Å². The quantitative estimate of drug-likeness (QED) is 0.740. The summed E-state index contributed by atoms with van der Waals surface area (Å²) in [6.45, 7) is 5.90. The van der Waals surface area contributed by atoms with Crippen molar-refractivity contribution in [2.24, 2.45) is 5.92 Å². The maximum atomic E-state index is 11.9. The highest BCUT2D eigenvalue weighted by Crippen LogP contribution is 2.14. The van der Waals surface area contributed by atoms with E-state index >= 15 is 0 Å². The lowest BCUT2D eigenvalue weighted by atomic mass is 10.0. The van der Waals surface area contributed by atoms with Gasteiger partial charge in [-0.1, -0.05) is 13.3 Å². The van der Waals surface area contributed by atoms with Crippen molar-refractivity contribution < 1.29 is 8.42 Å². The van der Waals surface area contributed by atoms with Gasteiger partial charge in [0, 0.05) is 6.04 Å². The molecule has 1 rings (SSSR count). The Bertz CT molecular complexity index is 284. The van der Waals surface area contributed by atoms with Gasteiger partial charge in [0.1, 0.15) is 0 Å². The number of rotatable bonds is 6. The molecule has 2 N–H and O–H groups in total. The molecule has 1 heterocycles. The molecular formula is C11H24N2O2S. The zero-order valence-electron chi connectivity index (χ0n) is 10.3. The normalized spacial score (nSPS) is 20.9. The zero-order valence-corrected chi connectivity index (χ0v) is 11.1. The molecule has 96 valence electrons. The third kappa shape index (κ3) is 5.27. The first kappa shape index (κ1) is 13.9. The molecular weight excluding hydrogens is 224 g/mol. The van der Waals surface area contributed by atoms with Crippen molar-refractivity contribution in [3.05, 3.63) is 0 Å². The van der Waals surface area contributed by atoms with Crippen LogP contribution in [0.1, 0.15) is 39.5 Å². The first-order valence-corrected chi connectivity index (χ1v) is 7.89. The van der Waals surface area contributed by atoms with E-state index in [0.29, 0.717) is 11.7 Å². The van der Waals surface area contributed by atoms with Gasteiger partial charge in [-0.15, -0.1) is 0 Å². The average molecular weight is 248 g/mol. The van der Waals surface area contributed by atoms with Crippen LogP contribution < -0.4 is 10.0 Å². The predicted molar refractivity (Wildman–Crippen MR) is 66.9 cm³/mol. The van der Waals surface area contributed by atoms with Crippen LogP contribution in [-0.4, -0.2) is 33.3 Å². The van der Waals surface area contributed by atoms with Crippen LogP contribution >= 0.6 is 0 Å². The molecule has 0 aromatic carbocycles. The summed E-state index contributed by atoms with van der Waals surface area (Å²) >= 11 is 0. The van der Waals surface area contributed by atoms with Crippen molar-refractivity contribution >= 4 is 10.0 Å². The molecule has 5 heteroatoms. The van der Waals surface area contributed by atoms with Gasteiger partial charge >= 0.3 is 0 Å². The smallest absolute Gasteiger partial charge is 0.212 e. The van der Waals surface area contributed by atoms with Gasteiger partial charge in [0.25, 0.3) is 0 Å². The first-order chi connectivity index (χ1) is 7.53. The van der Waals surface area contributed by atoms with Gasteiger partial charge in [0.05, 0.1) is 5.75 Å². The Morgan fingerprint density at radius 1 is 1.38 bits per heavy atom. The lowest BCUT2D eigenvalue weighted by molar-refractivity contribution is 0.399. The monoisotopic (exact) mass is 248 g/mol. The molecule has 16 heavy (non-hydrogen) atoms. The second-order valence-corrected chi connectivity index (χ2v) is 6.58. The Morgan fingerprint density at radius 3 is 2.56 bits per heavy atom. The van der Waals surface area contributed by atoms with Crippen LogP contribution in [-0.2, 0) is 10.0 Å². The molecule has 1 saturated heterocycles. The van der Waals surface area contributed by atoms with Crippen molar-refractivity contribution in [1.29, 1.82) is 0 Å². The molecule has 0 aromatic rings. The third-order valence-corrected chi connectivity index (χ3v) is 4.69. The minimum absolute atomic E-state index is 0.0664. The average Bonchev–Trinajstić information content (AvgIpc) is 2.17. The SMILES string of the molecule is CCCC(C)NS(=O)(=O)CC1CCNCC1. The highest BCUT2D eigenvalue weighted by molar-refractivity contribution is 7.89. The molecule has 4 nitrogen and oxygen atoms in total. The first-order valence-electron chi connectivity index (χ1n) is 6.24. The minimum Gasteiger partial charge on any atom is -0.317 e. The molecule has 1 atom stereocenters. The van der Waals surface area contributed by atoms with Gasteiger partial charge in [-0.25, -0.2) is 13.1 Å². The van der Waals surface area contributed by atoms with Crippen molar-refractivity contribution in [3.8, 4) is 0 Å². The number of nitrogens with one attached hydrogen (secondary N) is 2. The fourth-order valence-electron chi connectivity index (χ4n) is 2.21. The Kier molecular flexibility index (Phi) is 5.72. The summed E-state index contributed by atoms with van der Waals surface area (Å²) in [6, 6.07) is 0.0664. The molecule has 0 radical (unpaired) electrons. The highest BCUT2D eigenvalue weighted by atomic mass is 32.2. The topological polar surface area (TPSA) is 58.2 Å². The number of piperidine rings is 1. The van der Waals surface area contributed by atoms with E-state index in [1.807, 2.05) is 6.92 Å². The summed E-state index contributed by atoms with van der Waals surface area (Å²) in [7, 11) is -3.08. The van der Waals surface area contributed by atoms with E-state index in [9.17, 15) is 8.42 Å². The summed E-state index contributed by atoms with van der Waals surface area (Å²) in [5, 5.41) is 3.25.